The normalized spacial score (nSPS) is 12.6. The van der Waals surface area contributed by atoms with Crippen molar-refractivity contribution in [1.29, 1.82) is 0 Å². The van der Waals surface area contributed by atoms with E-state index in [1.165, 1.54) is 18.2 Å². The van der Waals surface area contributed by atoms with E-state index < -0.39 is 22.0 Å². The first-order valence-electron chi connectivity index (χ1n) is 8.76. The SMILES string of the molecule is Cc1ccc([C@H](C)NS(=O)(=O)c2nnc(NC(=O)c3ccc(Cl)cc3Cl)s2)cc1C. The molecule has 11 heteroatoms. The molecule has 1 amide bonds. The van der Waals surface area contributed by atoms with Gasteiger partial charge in [-0.15, -0.1) is 10.2 Å². The van der Waals surface area contributed by atoms with Gasteiger partial charge in [-0.1, -0.05) is 52.7 Å². The first-order valence-corrected chi connectivity index (χ1v) is 11.8. The largest absolute Gasteiger partial charge is 0.296 e. The first-order chi connectivity index (χ1) is 14.1. The predicted molar refractivity (Wildman–Crippen MR) is 119 cm³/mol. The highest BCUT2D eigenvalue weighted by Gasteiger charge is 2.24. The number of carbonyl (C=O) groups is 1. The standard InChI is InChI=1S/C19H18Cl2N4O3S2/c1-10-4-5-13(8-11(10)2)12(3)25-30(27,28)19-24-23-18(29-19)22-17(26)15-7-6-14(20)9-16(15)21/h4-9,12,25H,1-3H3,(H,22,23,26)/t12-/m0/s1. The fourth-order valence-electron chi connectivity index (χ4n) is 2.59. The van der Waals surface area contributed by atoms with Crippen molar-refractivity contribution >= 4 is 55.6 Å². The highest BCUT2D eigenvalue weighted by atomic mass is 35.5. The van der Waals surface area contributed by atoms with E-state index in [1.54, 1.807) is 6.92 Å². The Kier molecular flexibility index (Phi) is 6.78. The third-order valence-corrected chi connectivity index (χ3v) is 7.69. The molecule has 0 aliphatic heterocycles. The lowest BCUT2D eigenvalue weighted by Gasteiger charge is -2.14. The zero-order chi connectivity index (χ0) is 22.1. The minimum Gasteiger partial charge on any atom is -0.296 e. The highest BCUT2D eigenvalue weighted by Crippen LogP contribution is 2.25. The zero-order valence-corrected chi connectivity index (χ0v) is 19.4. The maximum absolute atomic E-state index is 12.7. The number of aryl methyl sites for hydroxylation is 2. The lowest BCUT2D eigenvalue weighted by Crippen LogP contribution is -2.26. The molecule has 0 saturated heterocycles. The van der Waals surface area contributed by atoms with Crippen molar-refractivity contribution in [2.45, 2.75) is 31.2 Å². The van der Waals surface area contributed by atoms with Gasteiger partial charge < -0.3 is 0 Å². The van der Waals surface area contributed by atoms with Crippen LogP contribution in [0.4, 0.5) is 5.13 Å². The van der Waals surface area contributed by atoms with Crippen molar-refractivity contribution in [1.82, 2.24) is 14.9 Å². The van der Waals surface area contributed by atoms with Crippen LogP contribution in [0.3, 0.4) is 0 Å². The van der Waals surface area contributed by atoms with Crippen LogP contribution in [0.1, 0.15) is 40.0 Å². The number of amides is 1. The van der Waals surface area contributed by atoms with E-state index in [0.717, 1.165) is 28.0 Å². The predicted octanol–water partition coefficient (Wildman–Crippen LogP) is 4.75. The van der Waals surface area contributed by atoms with Crippen LogP contribution >= 0.6 is 34.5 Å². The van der Waals surface area contributed by atoms with Crippen LogP contribution in [0.15, 0.2) is 40.7 Å². The third kappa shape index (κ3) is 5.16. The van der Waals surface area contributed by atoms with Crippen molar-refractivity contribution in [2.75, 3.05) is 5.32 Å². The molecule has 0 aliphatic rings. The molecule has 158 valence electrons. The molecule has 0 saturated carbocycles. The van der Waals surface area contributed by atoms with Crippen molar-refractivity contribution in [3.05, 3.63) is 68.7 Å². The van der Waals surface area contributed by atoms with Crippen LogP contribution in [0.2, 0.25) is 10.0 Å². The summed E-state index contributed by atoms with van der Waals surface area (Å²) in [6, 6.07) is 9.70. The van der Waals surface area contributed by atoms with Gasteiger partial charge in [0.1, 0.15) is 0 Å². The molecule has 30 heavy (non-hydrogen) atoms. The van der Waals surface area contributed by atoms with Crippen LogP contribution < -0.4 is 10.0 Å². The summed E-state index contributed by atoms with van der Waals surface area (Å²) in [4.78, 5) is 12.4. The second-order valence-corrected chi connectivity index (χ2v) is 10.3. The summed E-state index contributed by atoms with van der Waals surface area (Å²) < 4.78 is 27.7. The quantitative estimate of drug-likeness (QED) is 0.491. The number of sulfonamides is 1. The van der Waals surface area contributed by atoms with Crippen LogP contribution in [0, 0.1) is 13.8 Å². The van der Waals surface area contributed by atoms with Crippen LogP contribution in [0.5, 0.6) is 0 Å². The van der Waals surface area contributed by atoms with Gasteiger partial charge in [0, 0.05) is 11.1 Å². The Balaban J connectivity index is 1.73. The monoisotopic (exact) mass is 484 g/mol. The molecule has 0 unspecified atom stereocenters. The summed E-state index contributed by atoms with van der Waals surface area (Å²) in [6.07, 6.45) is 0. The van der Waals surface area contributed by atoms with E-state index in [1.807, 2.05) is 32.0 Å². The molecule has 0 aliphatic carbocycles. The van der Waals surface area contributed by atoms with Crippen LogP contribution in [-0.4, -0.2) is 24.5 Å². The Labute approximate surface area is 188 Å². The molecule has 2 N–H and O–H groups in total. The maximum Gasteiger partial charge on any atom is 0.270 e. The number of hydrogen-bond acceptors (Lipinski definition) is 6. The number of hydrogen-bond donors (Lipinski definition) is 2. The van der Waals surface area contributed by atoms with Gasteiger partial charge in [-0.05, 0) is 55.7 Å². The Morgan fingerprint density at radius 1 is 1.07 bits per heavy atom. The van der Waals surface area contributed by atoms with Gasteiger partial charge in [0.25, 0.3) is 15.9 Å². The number of nitrogens with one attached hydrogen (secondary N) is 2. The van der Waals surface area contributed by atoms with Crippen molar-refractivity contribution in [3.8, 4) is 0 Å². The number of rotatable bonds is 6. The topological polar surface area (TPSA) is 101 Å². The minimum absolute atomic E-state index is 0.0326. The molecule has 0 radical (unpaired) electrons. The number of nitrogens with zero attached hydrogens (tertiary/aromatic N) is 2. The highest BCUT2D eigenvalue weighted by molar-refractivity contribution is 7.91. The molecule has 2 aromatic carbocycles. The Hall–Kier alpha value is -2.04. The van der Waals surface area contributed by atoms with Crippen molar-refractivity contribution in [2.24, 2.45) is 0 Å². The Bertz CT molecular complexity index is 1210. The number of benzene rings is 2. The molecule has 1 heterocycles. The Morgan fingerprint density at radius 2 is 1.80 bits per heavy atom. The van der Waals surface area contributed by atoms with E-state index in [0.29, 0.717) is 5.02 Å². The average molecular weight is 485 g/mol. The van der Waals surface area contributed by atoms with E-state index in [9.17, 15) is 13.2 Å². The summed E-state index contributed by atoms with van der Waals surface area (Å²) in [7, 11) is -3.92. The molecule has 3 aromatic rings. The van der Waals surface area contributed by atoms with Crippen LogP contribution in [-0.2, 0) is 10.0 Å². The molecule has 1 atom stereocenters. The van der Waals surface area contributed by atoms with Gasteiger partial charge in [0.15, 0.2) is 0 Å². The molecule has 3 rings (SSSR count). The summed E-state index contributed by atoms with van der Waals surface area (Å²) in [5.74, 6) is -0.548. The summed E-state index contributed by atoms with van der Waals surface area (Å²) in [5.41, 5.74) is 3.21. The summed E-state index contributed by atoms with van der Waals surface area (Å²) >= 11 is 12.6. The number of halogens is 2. The lowest BCUT2D eigenvalue weighted by atomic mass is 10.0. The first kappa shape index (κ1) is 22.6. The second kappa shape index (κ2) is 8.99. The average Bonchev–Trinajstić information content (AvgIpc) is 3.13. The molecule has 0 fully saturated rings. The van der Waals surface area contributed by atoms with Gasteiger partial charge in [-0.3, -0.25) is 10.1 Å². The van der Waals surface area contributed by atoms with Gasteiger partial charge in [0.2, 0.25) is 9.47 Å². The van der Waals surface area contributed by atoms with E-state index in [4.69, 9.17) is 23.2 Å². The van der Waals surface area contributed by atoms with Crippen LogP contribution in [0.25, 0.3) is 0 Å². The lowest BCUT2D eigenvalue weighted by molar-refractivity contribution is 0.102. The number of anilines is 1. The third-order valence-electron chi connectivity index (χ3n) is 4.40. The second-order valence-electron chi connectivity index (χ2n) is 6.64. The van der Waals surface area contributed by atoms with Gasteiger partial charge in [0.05, 0.1) is 10.6 Å². The molecule has 7 nitrogen and oxygen atoms in total. The van der Waals surface area contributed by atoms with Gasteiger partial charge in [-0.2, -0.15) is 0 Å². The molecule has 1 aromatic heterocycles. The Morgan fingerprint density at radius 3 is 2.47 bits per heavy atom. The van der Waals surface area contributed by atoms with E-state index >= 15 is 0 Å². The van der Waals surface area contributed by atoms with Crippen molar-refractivity contribution in [3.63, 3.8) is 0 Å². The minimum atomic E-state index is -3.92. The summed E-state index contributed by atoms with van der Waals surface area (Å²) in [5, 5.41) is 10.5. The zero-order valence-electron chi connectivity index (χ0n) is 16.2. The summed E-state index contributed by atoms with van der Waals surface area (Å²) in [6.45, 7) is 5.70. The smallest absolute Gasteiger partial charge is 0.270 e. The molecular formula is C19H18Cl2N4O3S2. The number of carbonyl (C=O) groups excluding carboxylic acids is 1. The number of aromatic nitrogens is 2. The van der Waals surface area contributed by atoms with E-state index in [2.05, 4.69) is 20.2 Å². The molecule has 0 bridgehead atoms. The fraction of sp³-hybridized carbons (Fsp3) is 0.211. The molecular weight excluding hydrogens is 467 g/mol. The fourth-order valence-corrected chi connectivity index (χ4v) is 5.23. The maximum atomic E-state index is 12.7. The van der Waals surface area contributed by atoms with Gasteiger partial charge >= 0.3 is 0 Å². The molecule has 0 spiro atoms. The van der Waals surface area contributed by atoms with Gasteiger partial charge in [-0.25, -0.2) is 13.1 Å². The van der Waals surface area contributed by atoms with E-state index in [-0.39, 0.29) is 20.1 Å². The van der Waals surface area contributed by atoms with Crippen molar-refractivity contribution < 1.29 is 13.2 Å².